The second kappa shape index (κ2) is 11.0. The van der Waals surface area contributed by atoms with Crippen molar-refractivity contribution in [2.24, 2.45) is 18.0 Å². The fraction of sp³-hybridized carbons (Fsp3) is 0.214. The first-order chi connectivity index (χ1) is 17.7. The molecule has 37 heavy (non-hydrogen) atoms. The number of nitrogen functional groups attached to an aromatic ring is 1. The van der Waals surface area contributed by atoms with E-state index in [2.05, 4.69) is 9.98 Å². The lowest BCUT2D eigenvalue weighted by molar-refractivity contribution is 0.489. The molecule has 4 rings (SSSR count). The molecule has 0 saturated carbocycles. The maximum atomic E-state index is 13.5. The zero-order valence-corrected chi connectivity index (χ0v) is 20.9. The molecule has 0 radical (unpaired) electrons. The molecule has 2 aromatic carbocycles. The molecule has 0 bridgehead atoms. The van der Waals surface area contributed by atoms with E-state index in [1.54, 1.807) is 36.4 Å². The number of hydrogen-bond acceptors (Lipinski definition) is 6. The Hall–Kier alpha value is -4.53. The van der Waals surface area contributed by atoms with Crippen LogP contribution >= 0.6 is 0 Å². The Morgan fingerprint density at radius 2 is 1.73 bits per heavy atom. The number of aliphatic imine (C=N–C) groups is 1. The summed E-state index contributed by atoms with van der Waals surface area (Å²) in [5, 5.41) is 0. The van der Waals surface area contributed by atoms with Crippen LogP contribution in [0.25, 0.3) is 11.3 Å². The molecular formula is C28H28FN5O3. The number of ether oxygens (including phenoxy) is 1. The average Bonchev–Trinajstić information content (AvgIpc) is 2.89. The van der Waals surface area contributed by atoms with Crippen LogP contribution in [-0.2, 0) is 20.1 Å². The van der Waals surface area contributed by atoms with Crippen LogP contribution in [0, 0.1) is 11.9 Å². The highest BCUT2D eigenvalue weighted by atomic mass is 19.1. The minimum absolute atomic E-state index is 0.00371. The summed E-state index contributed by atoms with van der Waals surface area (Å²) in [4.78, 5) is 34.5. The Labute approximate surface area is 213 Å². The van der Waals surface area contributed by atoms with Gasteiger partial charge < -0.3 is 10.5 Å². The summed E-state index contributed by atoms with van der Waals surface area (Å²) in [5.74, 6) is 0.0530. The van der Waals surface area contributed by atoms with Crippen molar-refractivity contribution in [1.29, 1.82) is 0 Å². The van der Waals surface area contributed by atoms with Gasteiger partial charge in [0.15, 0.2) is 0 Å². The van der Waals surface area contributed by atoms with Crippen LogP contribution in [0.3, 0.4) is 0 Å². The molecule has 0 spiro atoms. The third kappa shape index (κ3) is 5.83. The smallest absolute Gasteiger partial charge is 0.332 e. The number of benzene rings is 2. The summed E-state index contributed by atoms with van der Waals surface area (Å²) in [7, 11) is 1.41. The lowest BCUT2D eigenvalue weighted by Crippen LogP contribution is -2.44. The summed E-state index contributed by atoms with van der Waals surface area (Å²) >= 11 is 0. The van der Waals surface area contributed by atoms with Crippen LogP contribution in [0.15, 0.2) is 87.4 Å². The van der Waals surface area contributed by atoms with E-state index in [0.717, 1.165) is 15.7 Å². The minimum Gasteiger partial charge on any atom is -0.438 e. The number of pyridine rings is 1. The molecule has 2 heterocycles. The molecule has 2 N–H and O–H groups in total. The molecule has 0 fully saturated rings. The van der Waals surface area contributed by atoms with Crippen molar-refractivity contribution in [3.63, 3.8) is 0 Å². The van der Waals surface area contributed by atoms with Crippen molar-refractivity contribution in [2.75, 3.05) is 5.73 Å². The van der Waals surface area contributed by atoms with Gasteiger partial charge in [0, 0.05) is 19.2 Å². The van der Waals surface area contributed by atoms with E-state index in [1.165, 1.54) is 17.7 Å². The van der Waals surface area contributed by atoms with Gasteiger partial charge in [0.1, 0.15) is 17.1 Å². The number of aromatic nitrogens is 3. The number of rotatable bonds is 7. The molecule has 0 amide bonds. The summed E-state index contributed by atoms with van der Waals surface area (Å²) < 4.78 is 21.9. The van der Waals surface area contributed by atoms with E-state index in [1.807, 2.05) is 44.2 Å². The molecule has 0 aliphatic rings. The molecule has 0 saturated heterocycles. The van der Waals surface area contributed by atoms with Gasteiger partial charge in [-0.3, -0.25) is 13.9 Å². The molecule has 0 atom stereocenters. The predicted octanol–water partition coefficient (Wildman–Crippen LogP) is 4.01. The first kappa shape index (κ1) is 25.6. The lowest BCUT2D eigenvalue weighted by atomic mass is 10.1. The van der Waals surface area contributed by atoms with E-state index < -0.39 is 17.2 Å². The number of nitrogens with zero attached hydrogens (tertiary/aromatic N) is 4. The Morgan fingerprint density at radius 3 is 2.38 bits per heavy atom. The van der Waals surface area contributed by atoms with E-state index in [9.17, 15) is 14.0 Å². The molecule has 0 aliphatic heterocycles. The number of hydrogen-bond donors (Lipinski definition) is 1. The summed E-state index contributed by atoms with van der Waals surface area (Å²) in [6.45, 7) is 4.41. The van der Waals surface area contributed by atoms with Gasteiger partial charge >= 0.3 is 5.69 Å². The standard InChI is InChI=1S/C28H28FN5O3/c1-18(2)17-34-25(30)24(27(35)33(3)28(34)36)26(37-21-8-5-4-6-9-21)31-16-19-12-14-20(15-13-19)22-10-7-11-23(29)32-22/h4-15,18H,16-17,30H2,1-3H3. The number of anilines is 1. The zero-order chi connectivity index (χ0) is 26.5. The highest BCUT2D eigenvalue weighted by Crippen LogP contribution is 2.19. The molecule has 9 heteroatoms. The predicted molar refractivity (Wildman–Crippen MR) is 142 cm³/mol. The molecular weight excluding hydrogens is 473 g/mol. The molecule has 8 nitrogen and oxygen atoms in total. The number of nitrogens with two attached hydrogens (primary N) is 1. The van der Waals surface area contributed by atoms with Gasteiger partial charge in [-0.05, 0) is 35.7 Å². The van der Waals surface area contributed by atoms with Crippen molar-refractivity contribution in [3.8, 4) is 17.0 Å². The van der Waals surface area contributed by atoms with Crippen LogP contribution in [0.4, 0.5) is 10.2 Å². The quantitative estimate of drug-likeness (QED) is 0.234. The fourth-order valence-electron chi connectivity index (χ4n) is 3.80. The van der Waals surface area contributed by atoms with Crippen molar-refractivity contribution in [1.82, 2.24) is 14.1 Å². The average molecular weight is 502 g/mol. The highest BCUT2D eigenvalue weighted by molar-refractivity contribution is 5.99. The SMILES string of the molecule is CC(C)Cn1c(N)c(C(=NCc2ccc(-c3cccc(F)n3)cc2)Oc2ccccc2)c(=O)n(C)c1=O. The molecule has 0 unspecified atom stereocenters. The Bertz CT molecular complexity index is 1540. The maximum Gasteiger partial charge on any atom is 0.332 e. The summed E-state index contributed by atoms with van der Waals surface area (Å²) in [6.07, 6.45) is 0. The second-order valence-electron chi connectivity index (χ2n) is 8.99. The van der Waals surface area contributed by atoms with Crippen LogP contribution in [0.5, 0.6) is 5.75 Å². The largest absolute Gasteiger partial charge is 0.438 e. The molecule has 2 aromatic heterocycles. The van der Waals surface area contributed by atoms with Crippen molar-refractivity contribution < 1.29 is 9.13 Å². The maximum absolute atomic E-state index is 13.5. The molecule has 0 aliphatic carbocycles. The third-order valence-corrected chi connectivity index (χ3v) is 5.67. The van der Waals surface area contributed by atoms with E-state index in [4.69, 9.17) is 10.5 Å². The Morgan fingerprint density at radius 1 is 1.03 bits per heavy atom. The van der Waals surface area contributed by atoms with Crippen LogP contribution in [0.1, 0.15) is 25.0 Å². The summed E-state index contributed by atoms with van der Waals surface area (Å²) in [6, 6.07) is 20.9. The zero-order valence-electron chi connectivity index (χ0n) is 20.9. The second-order valence-corrected chi connectivity index (χ2v) is 8.99. The van der Waals surface area contributed by atoms with E-state index in [-0.39, 0.29) is 29.7 Å². The number of halogens is 1. The van der Waals surface area contributed by atoms with Crippen LogP contribution < -0.4 is 21.7 Å². The summed E-state index contributed by atoms with van der Waals surface area (Å²) in [5.41, 5.74) is 7.40. The topological polar surface area (TPSA) is 104 Å². The number of para-hydroxylation sites is 1. The lowest BCUT2D eigenvalue weighted by Gasteiger charge is -2.18. The molecule has 190 valence electrons. The van der Waals surface area contributed by atoms with Gasteiger partial charge in [0.25, 0.3) is 5.56 Å². The Balaban J connectivity index is 1.75. The first-order valence-electron chi connectivity index (χ1n) is 11.8. The van der Waals surface area contributed by atoms with Crippen LogP contribution in [0.2, 0.25) is 0 Å². The Kier molecular flexibility index (Phi) is 7.62. The normalized spacial score (nSPS) is 11.6. The van der Waals surface area contributed by atoms with Gasteiger partial charge in [-0.1, -0.05) is 62.4 Å². The van der Waals surface area contributed by atoms with E-state index >= 15 is 0 Å². The highest BCUT2D eigenvalue weighted by Gasteiger charge is 2.22. The van der Waals surface area contributed by atoms with Crippen molar-refractivity contribution in [3.05, 3.63) is 111 Å². The monoisotopic (exact) mass is 501 g/mol. The molecule has 4 aromatic rings. The van der Waals surface area contributed by atoms with Gasteiger partial charge in [0.2, 0.25) is 11.8 Å². The van der Waals surface area contributed by atoms with Gasteiger partial charge in [-0.2, -0.15) is 4.39 Å². The van der Waals surface area contributed by atoms with Crippen LogP contribution in [-0.4, -0.2) is 20.0 Å². The van der Waals surface area contributed by atoms with Crippen molar-refractivity contribution in [2.45, 2.75) is 26.9 Å². The van der Waals surface area contributed by atoms with Gasteiger partial charge in [-0.25, -0.2) is 14.8 Å². The fourth-order valence-corrected chi connectivity index (χ4v) is 3.80. The minimum atomic E-state index is -0.593. The first-order valence-corrected chi connectivity index (χ1v) is 11.8. The van der Waals surface area contributed by atoms with Gasteiger partial charge in [0.05, 0.1) is 12.2 Å². The van der Waals surface area contributed by atoms with Gasteiger partial charge in [-0.15, -0.1) is 0 Å². The van der Waals surface area contributed by atoms with E-state index in [0.29, 0.717) is 18.0 Å². The third-order valence-electron chi connectivity index (χ3n) is 5.67. The van der Waals surface area contributed by atoms with Crippen molar-refractivity contribution >= 4 is 11.7 Å².